The fraction of sp³-hybridized carbons (Fsp3) is 0.278. The second-order valence-corrected chi connectivity index (χ2v) is 5.82. The topological polar surface area (TPSA) is 70.6 Å². The van der Waals surface area contributed by atoms with Crippen molar-refractivity contribution in [2.24, 2.45) is 0 Å². The lowest BCUT2D eigenvalue weighted by atomic mass is 9.93. The molecule has 0 spiro atoms. The van der Waals surface area contributed by atoms with Gasteiger partial charge in [0.25, 0.3) is 0 Å². The summed E-state index contributed by atoms with van der Waals surface area (Å²) >= 11 is 0. The third-order valence-corrected chi connectivity index (χ3v) is 4.39. The molecule has 2 aromatic carbocycles. The molecular formula is C18H19FN2O3. The van der Waals surface area contributed by atoms with Crippen LogP contribution in [0.1, 0.15) is 17.5 Å². The van der Waals surface area contributed by atoms with Crippen LogP contribution in [-0.4, -0.2) is 24.9 Å². The van der Waals surface area contributed by atoms with E-state index in [1.165, 1.54) is 25.3 Å². The van der Waals surface area contributed by atoms with Crippen LogP contribution in [0.25, 0.3) is 0 Å². The summed E-state index contributed by atoms with van der Waals surface area (Å²) in [5.41, 5.74) is 1.59. The van der Waals surface area contributed by atoms with Gasteiger partial charge in [-0.25, -0.2) is 9.18 Å². The summed E-state index contributed by atoms with van der Waals surface area (Å²) < 4.78 is 18.3. The van der Waals surface area contributed by atoms with E-state index in [2.05, 4.69) is 10.6 Å². The van der Waals surface area contributed by atoms with Crippen LogP contribution in [0.5, 0.6) is 5.75 Å². The molecule has 1 aliphatic carbocycles. The highest BCUT2D eigenvalue weighted by Crippen LogP contribution is 2.36. The fourth-order valence-electron chi connectivity index (χ4n) is 3.16. The first kappa shape index (κ1) is 16.3. The van der Waals surface area contributed by atoms with Crippen molar-refractivity contribution in [1.82, 2.24) is 5.32 Å². The third-order valence-electron chi connectivity index (χ3n) is 4.39. The molecule has 0 bridgehead atoms. The number of carbonyl (C=O) groups excluding carboxylic acids is 1. The molecule has 0 saturated heterocycles. The van der Waals surface area contributed by atoms with E-state index < -0.39 is 17.4 Å². The molecule has 3 N–H and O–H groups in total. The Morgan fingerprint density at radius 2 is 2.12 bits per heavy atom. The van der Waals surface area contributed by atoms with Gasteiger partial charge in [-0.1, -0.05) is 24.3 Å². The maximum Gasteiger partial charge on any atom is 0.320 e. The van der Waals surface area contributed by atoms with E-state index >= 15 is 0 Å². The van der Waals surface area contributed by atoms with Gasteiger partial charge in [-0.2, -0.15) is 0 Å². The van der Waals surface area contributed by atoms with Crippen molar-refractivity contribution in [2.75, 3.05) is 19.0 Å². The van der Waals surface area contributed by atoms with Crippen LogP contribution < -0.4 is 15.4 Å². The zero-order valence-electron chi connectivity index (χ0n) is 13.3. The maximum atomic E-state index is 13.2. The summed E-state index contributed by atoms with van der Waals surface area (Å²) in [7, 11) is 1.40. The molecule has 0 saturated carbocycles. The molecule has 126 valence electrons. The highest BCUT2D eigenvalue weighted by molar-refractivity contribution is 5.91. The number of nitrogens with one attached hydrogen (secondary N) is 2. The lowest BCUT2D eigenvalue weighted by Crippen LogP contribution is -2.48. The number of carbonyl (C=O) groups is 1. The van der Waals surface area contributed by atoms with E-state index in [1.807, 2.05) is 24.3 Å². The van der Waals surface area contributed by atoms with Crippen LogP contribution in [0.15, 0.2) is 42.5 Å². The molecule has 3 rings (SSSR count). The molecule has 1 aliphatic rings. The molecular weight excluding hydrogens is 311 g/mol. The van der Waals surface area contributed by atoms with Crippen LogP contribution in [0.4, 0.5) is 14.9 Å². The largest absolute Gasteiger partial charge is 0.494 e. The molecule has 0 heterocycles. The number of halogens is 1. The number of anilines is 1. The predicted octanol–water partition coefficient (Wildman–Crippen LogP) is 2.79. The Morgan fingerprint density at radius 3 is 2.88 bits per heavy atom. The minimum absolute atomic E-state index is 0.196. The summed E-state index contributed by atoms with van der Waals surface area (Å²) in [6.45, 7) is -0.196. The van der Waals surface area contributed by atoms with Crippen LogP contribution in [0, 0.1) is 5.82 Å². The SMILES string of the molecule is COc1cc(F)ccc1NC(=O)NC1(CO)CCc2ccccc21. The lowest BCUT2D eigenvalue weighted by molar-refractivity contribution is 0.164. The van der Waals surface area contributed by atoms with Crippen LogP contribution in [-0.2, 0) is 12.0 Å². The minimum atomic E-state index is -0.812. The first-order valence-corrected chi connectivity index (χ1v) is 7.70. The molecule has 0 aliphatic heterocycles. The number of methoxy groups -OCH3 is 1. The standard InChI is InChI=1S/C18H19FN2O3/c1-24-16-10-13(19)6-7-15(16)20-17(23)21-18(11-22)9-8-12-4-2-3-5-14(12)18/h2-7,10,22H,8-9,11H2,1H3,(H2,20,21,23). The van der Waals surface area contributed by atoms with Crippen molar-refractivity contribution in [1.29, 1.82) is 0 Å². The summed E-state index contributed by atoms with van der Waals surface area (Å²) in [6, 6.07) is 11.1. The Labute approximate surface area is 139 Å². The molecule has 2 amide bonds. The van der Waals surface area contributed by atoms with Gasteiger partial charge in [0.2, 0.25) is 0 Å². The quantitative estimate of drug-likeness (QED) is 0.807. The number of aliphatic hydroxyl groups excluding tert-OH is 1. The van der Waals surface area contributed by atoms with E-state index in [-0.39, 0.29) is 12.4 Å². The summed E-state index contributed by atoms with van der Waals surface area (Å²) in [6.07, 6.45) is 1.41. The minimum Gasteiger partial charge on any atom is -0.494 e. The Morgan fingerprint density at radius 1 is 1.33 bits per heavy atom. The van der Waals surface area contributed by atoms with E-state index in [4.69, 9.17) is 4.74 Å². The Bertz CT molecular complexity index is 766. The number of aryl methyl sites for hydroxylation is 1. The average Bonchev–Trinajstić information content (AvgIpc) is 2.96. The zero-order valence-corrected chi connectivity index (χ0v) is 13.3. The third kappa shape index (κ3) is 2.92. The Hall–Kier alpha value is -2.60. The van der Waals surface area contributed by atoms with Crippen molar-refractivity contribution >= 4 is 11.7 Å². The molecule has 0 radical (unpaired) electrons. The van der Waals surface area contributed by atoms with Crippen LogP contribution in [0.2, 0.25) is 0 Å². The van der Waals surface area contributed by atoms with E-state index in [0.29, 0.717) is 12.1 Å². The van der Waals surface area contributed by atoms with Gasteiger partial charge in [0, 0.05) is 6.07 Å². The number of aliphatic hydroxyl groups is 1. The number of rotatable bonds is 4. The number of amides is 2. The number of benzene rings is 2. The highest BCUT2D eigenvalue weighted by Gasteiger charge is 2.39. The van der Waals surface area contributed by atoms with Gasteiger partial charge in [-0.05, 0) is 36.1 Å². The van der Waals surface area contributed by atoms with Gasteiger partial charge in [0.05, 0.1) is 24.9 Å². The summed E-state index contributed by atoms with van der Waals surface area (Å²) in [4.78, 5) is 12.4. The van der Waals surface area contributed by atoms with Crippen molar-refractivity contribution < 1.29 is 19.0 Å². The monoisotopic (exact) mass is 330 g/mol. The second-order valence-electron chi connectivity index (χ2n) is 5.82. The number of fused-ring (bicyclic) bond motifs is 1. The number of ether oxygens (including phenoxy) is 1. The molecule has 6 heteroatoms. The smallest absolute Gasteiger partial charge is 0.320 e. The van der Waals surface area contributed by atoms with Crippen molar-refractivity contribution in [3.63, 3.8) is 0 Å². The van der Waals surface area contributed by atoms with Gasteiger partial charge >= 0.3 is 6.03 Å². The predicted molar refractivity (Wildman–Crippen MR) is 88.6 cm³/mol. The molecule has 24 heavy (non-hydrogen) atoms. The average molecular weight is 330 g/mol. The fourth-order valence-corrected chi connectivity index (χ4v) is 3.16. The Balaban J connectivity index is 1.80. The van der Waals surface area contributed by atoms with Gasteiger partial charge in [0.1, 0.15) is 11.6 Å². The molecule has 5 nitrogen and oxygen atoms in total. The molecule has 2 aromatic rings. The zero-order chi connectivity index (χ0) is 17.2. The first-order chi connectivity index (χ1) is 11.6. The van der Waals surface area contributed by atoms with Crippen molar-refractivity contribution in [2.45, 2.75) is 18.4 Å². The molecule has 1 unspecified atom stereocenters. The van der Waals surface area contributed by atoms with E-state index in [9.17, 15) is 14.3 Å². The van der Waals surface area contributed by atoms with Gasteiger partial charge in [-0.15, -0.1) is 0 Å². The van der Waals surface area contributed by atoms with Gasteiger partial charge in [-0.3, -0.25) is 0 Å². The molecule has 0 fully saturated rings. The molecule has 1 atom stereocenters. The van der Waals surface area contributed by atoms with E-state index in [1.54, 1.807) is 0 Å². The number of hydrogen-bond acceptors (Lipinski definition) is 3. The maximum absolute atomic E-state index is 13.2. The Kier molecular flexibility index (Phi) is 4.40. The highest BCUT2D eigenvalue weighted by atomic mass is 19.1. The van der Waals surface area contributed by atoms with Crippen molar-refractivity contribution in [3.05, 3.63) is 59.4 Å². The normalized spacial score (nSPS) is 18.8. The number of urea groups is 1. The van der Waals surface area contributed by atoms with Gasteiger partial charge in [0.15, 0.2) is 0 Å². The summed E-state index contributed by atoms with van der Waals surface area (Å²) in [5, 5.41) is 15.4. The number of hydrogen-bond donors (Lipinski definition) is 3. The van der Waals surface area contributed by atoms with Crippen molar-refractivity contribution in [3.8, 4) is 5.75 Å². The summed E-state index contributed by atoms with van der Waals surface area (Å²) in [5.74, 6) is -0.218. The van der Waals surface area contributed by atoms with Crippen LogP contribution in [0.3, 0.4) is 0 Å². The molecule has 0 aromatic heterocycles. The van der Waals surface area contributed by atoms with E-state index in [0.717, 1.165) is 17.5 Å². The van der Waals surface area contributed by atoms with Gasteiger partial charge < -0.3 is 20.5 Å². The lowest BCUT2D eigenvalue weighted by Gasteiger charge is -2.29. The van der Waals surface area contributed by atoms with Crippen LogP contribution >= 0.6 is 0 Å². The first-order valence-electron chi connectivity index (χ1n) is 7.70. The second kappa shape index (κ2) is 6.49.